The zero-order valence-electron chi connectivity index (χ0n) is 10.3. The second-order valence-corrected chi connectivity index (χ2v) is 4.08. The average molecular weight is 251 g/mol. The van der Waals surface area contributed by atoms with Crippen LogP contribution >= 0.6 is 0 Å². The number of carbonyl (C=O) groups is 1. The van der Waals surface area contributed by atoms with Crippen LogP contribution in [0.2, 0.25) is 0 Å². The molecule has 1 aliphatic rings. The summed E-state index contributed by atoms with van der Waals surface area (Å²) in [7, 11) is 0. The summed E-state index contributed by atoms with van der Waals surface area (Å²) in [5.41, 5.74) is 2.70. The van der Waals surface area contributed by atoms with Crippen molar-refractivity contribution >= 4 is 11.7 Å². The van der Waals surface area contributed by atoms with Gasteiger partial charge in [-0.25, -0.2) is 15.8 Å². The lowest BCUT2D eigenvalue weighted by atomic mass is 10.2. The number of anilines is 1. The number of ether oxygens (including phenoxy) is 1. The van der Waals surface area contributed by atoms with Crippen molar-refractivity contribution in [3.8, 4) is 0 Å². The first-order valence-electron chi connectivity index (χ1n) is 5.94. The first-order chi connectivity index (χ1) is 8.74. The summed E-state index contributed by atoms with van der Waals surface area (Å²) in [6.07, 6.45) is 3.87. The Labute approximate surface area is 105 Å². The number of rotatable bonds is 3. The minimum atomic E-state index is -0.118. The number of hydrazine groups is 1. The molecule has 0 spiro atoms. The molecule has 0 radical (unpaired) electrons. The number of hydrogen-bond donors (Lipinski definition) is 2. The standard InChI is InChI=1S/C11H17N5O2/c1-2-8-7-16(3-4-18-8)11(17)9-5-14-10(15-12)6-13-9/h5-6,8H,2-4,7,12H2,1H3,(H,14,15). The van der Waals surface area contributed by atoms with Crippen LogP contribution in [0.3, 0.4) is 0 Å². The molecule has 0 bridgehead atoms. The molecule has 3 N–H and O–H groups in total. The molecule has 1 fully saturated rings. The molecule has 0 aromatic carbocycles. The SMILES string of the molecule is CCC1CN(C(=O)c2cnc(NN)cn2)CCO1. The molecular weight excluding hydrogens is 234 g/mol. The maximum Gasteiger partial charge on any atom is 0.274 e. The normalized spacial score (nSPS) is 19.7. The van der Waals surface area contributed by atoms with E-state index in [0.717, 1.165) is 6.42 Å². The number of nitrogen functional groups attached to an aromatic ring is 1. The van der Waals surface area contributed by atoms with Gasteiger partial charge in [0.2, 0.25) is 0 Å². The third kappa shape index (κ3) is 2.74. The van der Waals surface area contributed by atoms with Crippen molar-refractivity contribution in [2.24, 2.45) is 5.84 Å². The Kier molecular flexibility index (Phi) is 4.06. The number of amides is 1. The Morgan fingerprint density at radius 3 is 3.06 bits per heavy atom. The summed E-state index contributed by atoms with van der Waals surface area (Å²) in [4.78, 5) is 21.9. The summed E-state index contributed by atoms with van der Waals surface area (Å²) < 4.78 is 5.52. The predicted molar refractivity (Wildman–Crippen MR) is 65.8 cm³/mol. The summed E-state index contributed by atoms with van der Waals surface area (Å²) in [6.45, 7) is 3.81. The lowest BCUT2D eigenvalue weighted by Crippen LogP contribution is -2.45. The Balaban J connectivity index is 2.05. The van der Waals surface area contributed by atoms with Crippen LogP contribution in [0.15, 0.2) is 12.4 Å². The molecule has 18 heavy (non-hydrogen) atoms. The summed E-state index contributed by atoms with van der Waals surface area (Å²) in [5.74, 6) is 5.50. The molecule has 0 aliphatic carbocycles. The molecule has 1 aromatic heterocycles. The van der Waals surface area contributed by atoms with Crippen LogP contribution in [-0.4, -0.2) is 46.6 Å². The molecule has 2 rings (SSSR count). The number of nitrogens with zero attached hydrogens (tertiary/aromatic N) is 3. The molecule has 7 heteroatoms. The van der Waals surface area contributed by atoms with Crippen LogP contribution in [0.4, 0.5) is 5.82 Å². The topological polar surface area (TPSA) is 93.4 Å². The molecule has 7 nitrogen and oxygen atoms in total. The van der Waals surface area contributed by atoms with Gasteiger partial charge in [-0.1, -0.05) is 6.92 Å². The third-order valence-corrected chi connectivity index (χ3v) is 2.90. The number of carbonyl (C=O) groups excluding carboxylic acids is 1. The van der Waals surface area contributed by atoms with Gasteiger partial charge in [0.05, 0.1) is 25.1 Å². The van der Waals surface area contributed by atoms with Crippen LogP contribution in [0, 0.1) is 0 Å². The van der Waals surface area contributed by atoms with Crippen molar-refractivity contribution < 1.29 is 9.53 Å². The van der Waals surface area contributed by atoms with Gasteiger partial charge in [0.1, 0.15) is 5.69 Å². The van der Waals surface area contributed by atoms with Crippen molar-refractivity contribution in [1.29, 1.82) is 0 Å². The lowest BCUT2D eigenvalue weighted by Gasteiger charge is -2.32. The Morgan fingerprint density at radius 1 is 1.61 bits per heavy atom. The second-order valence-electron chi connectivity index (χ2n) is 4.08. The van der Waals surface area contributed by atoms with E-state index in [1.807, 2.05) is 6.92 Å². The molecule has 1 aromatic rings. The lowest BCUT2D eigenvalue weighted by molar-refractivity contribution is -0.0228. The highest BCUT2D eigenvalue weighted by Crippen LogP contribution is 2.11. The van der Waals surface area contributed by atoms with Gasteiger partial charge in [-0.3, -0.25) is 4.79 Å². The quantitative estimate of drug-likeness (QED) is 0.581. The van der Waals surface area contributed by atoms with Gasteiger partial charge in [-0.05, 0) is 6.42 Å². The molecule has 1 atom stereocenters. The summed E-state index contributed by atoms with van der Waals surface area (Å²) >= 11 is 0. The largest absolute Gasteiger partial charge is 0.375 e. The third-order valence-electron chi connectivity index (χ3n) is 2.90. The average Bonchev–Trinajstić information content (AvgIpc) is 2.46. The highest BCUT2D eigenvalue weighted by atomic mass is 16.5. The van der Waals surface area contributed by atoms with Crippen LogP contribution in [0.25, 0.3) is 0 Å². The van der Waals surface area contributed by atoms with Crippen LogP contribution in [-0.2, 0) is 4.74 Å². The first kappa shape index (κ1) is 12.7. The van der Waals surface area contributed by atoms with E-state index in [1.165, 1.54) is 12.4 Å². The van der Waals surface area contributed by atoms with Crippen LogP contribution in [0.1, 0.15) is 23.8 Å². The molecular formula is C11H17N5O2. The number of nitrogens with two attached hydrogens (primary N) is 1. The van der Waals surface area contributed by atoms with E-state index in [2.05, 4.69) is 15.4 Å². The molecule has 1 unspecified atom stereocenters. The minimum Gasteiger partial charge on any atom is -0.375 e. The van der Waals surface area contributed by atoms with Gasteiger partial charge in [0.15, 0.2) is 5.82 Å². The minimum absolute atomic E-state index is 0.112. The number of aromatic nitrogens is 2. The second kappa shape index (κ2) is 5.74. The van der Waals surface area contributed by atoms with Gasteiger partial charge in [0, 0.05) is 13.1 Å². The van der Waals surface area contributed by atoms with E-state index >= 15 is 0 Å². The van der Waals surface area contributed by atoms with Crippen LogP contribution < -0.4 is 11.3 Å². The maximum atomic E-state index is 12.2. The number of hydrogen-bond acceptors (Lipinski definition) is 6. The van der Waals surface area contributed by atoms with Gasteiger partial charge in [0.25, 0.3) is 5.91 Å². The fourth-order valence-corrected chi connectivity index (χ4v) is 1.83. The highest BCUT2D eigenvalue weighted by molar-refractivity contribution is 5.92. The molecule has 1 amide bonds. The van der Waals surface area contributed by atoms with Gasteiger partial charge in [-0.2, -0.15) is 0 Å². The van der Waals surface area contributed by atoms with E-state index < -0.39 is 0 Å². The van der Waals surface area contributed by atoms with Crippen molar-refractivity contribution in [1.82, 2.24) is 14.9 Å². The molecule has 0 saturated carbocycles. The molecule has 98 valence electrons. The summed E-state index contributed by atoms with van der Waals surface area (Å²) in [6, 6.07) is 0. The number of nitrogens with one attached hydrogen (secondary N) is 1. The molecule has 1 aliphatic heterocycles. The molecule has 2 heterocycles. The van der Waals surface area contributed by atoms with E-state index in [-0.39, 0.29) is 12.0 Å². The number of morpholine rings is 1. The fourth-order valence-electron chi connectivity index (χ4n) is 1.83. The Hall–Kier alpha value is -1.73. The first-order valence-corrected chi connectivity index (χ1v) is 5.94. The Bertz CT molecular complexity index is 408. The van der Waals surface area contributed by atoms with Gasteiger partial charge < -0.3 is 15.1 Å². The zero-order chi connectivity index (χ0) is 13.0. The predicted octanol–water partition coefficient (Wildman–Crippen LogP) is 0.0132. The van der Waals surface area contributed by atoms with E-state index in [4.69, 9.17) is 10.6 Å². The Morgan fingerprint density at radius 2 is 2.44 bits per heavy atom. The smallest absolute Gasteiger partial charge is 0.274 e. The van der Waals surface area contributed by atoms with E-state index in [0.29, 0.717) is 31.2 Å². The zero-order valence-corrected chi connectivity index (χ0v) is 10.3. The monoisotopic (exact) mass is 251 g/mol. The van der Waals surface area contributed by atoms with Gasteiger partial charge in [-0.15, -0.1) is 0 Å². The van der Waals surface area contributed by atoms with E-state index in [1.54, 1.807) is 4.90 Å². The van der Waals surface area contributed by atoms with Crippen molar-refractivity contribution in [3.05, 3.63) is 18.1 Å². The maximum absolute atomic E-state index is 12.2. The van der Waals surface area contributed by atoms with Crippen molar-refractivity contribution in [3.63, 3.8) is 0 Å². The fraction of sp³-hybridized carbons (Fsp3) is 0.545. The van der Waals surface area contributed by atoms with Crippen molar-refractivity contribution in [2.75, 3.05) is 25.1 Å². The van der Waals surface area contributed by atoms with Gasteiger partial charge >= 0.3 is 0 Å². The van der Waals surface area contributed by atoms with Crippen LogP contribution in [0.5, 0.6) is 0 Å². The van der Waals surface area contributed by atoms with Crippen molar-refractivity contribution in [2.45, 2.75) is 19.4 Å². The van der Waals surface area contributed by atoms with E-state index in [9.17, 15) is 4.79 Å². The molecule has 1 saturated heterocycles. The highest BCUT2D eigenvalue weighted by Gasteiger charge is 2.24. The summed E-state index contributed by atoms with van der Waals surface area (Å²) in [5, 5.41) is 0.